The van der Waals surface area contributed by atoms with Gasteiger partial charge in [-0.05, 0) is 55.8 Å². The highest BCUT2D eigenvalue weighted by Gasteiger charge is 2.50. The zero-order valence-corrected chi connectivity index (χ0v) is 13.2. The molecule has 4 rings (SSSR count). The first-order valence-electron chi connectivity index (χ1n) is 7.56. The van der Waals surface area contributed by atoms with Crippen molar-refractivity contribution < 1.29 is 9.53 Å². The van der Waals surface area contributed by atoms with Crippen molar-refractivity contribution in [1.82, 2.24) is 5.32 Å². The van der Waals surface area contributed by atoms with Gasteiger partial charge in [-0.15, -0.1) is 0 Å². The lowest BCUT2D eigenvalue weighted by atomic mass is 9.51. The van der Waals surface area contributed by atoms with E-state index in [1.165, 1.54) is 32.1 Å². The van der Waals surface area contributed by atoms with Gasteiger partial charge in [0.1, 0.15) is 0 Å². The molecule has 4 saturated carbocycles. The molecule has 0 saturated heterocycles. The predicted octanol–water partition coefficient (Wildman–Crippen LogP) is 2.58. The molecule has 4 heteroatoms. The number of rotatable bonds is 5. The summed E-state index contributed by atoms with van der Waals surface area (Å²) in [5.41, 5.74) is 0. The van der Waals surface area contributed by atoms with E-state index in [1.807, 2.05) is 0 Å². The lowest BCUT2D eigenvalue weighted by Crippen LogP contribution is -2.53. The van der Waals surface area contributed by atoms with Gasteiger partial charge in [0.25, 0.3) is 0 Å². The minimum atomic E-state index is 0.106. The van der Waals surface area contributed by atoms with E-state index in [2.05, 4.69) is 21.2 Å². The van der Waals surface area contributed by atoms with Crippen molar-refractivity contribution >= 4 is 21.8 Å². The van der Waals surface area contributed by atoms with Crippen molar-refractivity contribution in [3.05, 3.63) is 0 Å². The van der Waals surface area contributed by atoms with Crippen molar-refractivity contribution in [3.63, 3.8) is 0 Å². The standard InChI is InChI=1S/C15H24BrNO2/c1-19-8-13(7-16)17-15(18)14-11-3-9-2-10(5-11)6-12(14)4-9/h9-14H,2-8H2,1H3,(H,17,18). The highest BCUT2D eigenvalue weighted by molar-refractivity contribution is 9.09. The number of carbonyl (C=O) groups is 1. The Bertz CT molecular complexity index is 319. The Kier molecular flexibility index (Phi) is 4.18. The van der Waals surface area contributed by atoms with Crippen LogP contribution < -0.4 is 5.32 Å². The van der Waals surface area contributed by atoms with Gasteiger partial charge in [0.05, 0.1) is 12.6 Å². The lowest BCUT2D eigenvalue weighted by molar-refractivity contribution is -0.139. The number of halogens is 1. The van der Waals surface area contributed by atoms with E-state index in [0.29, 0.717) is 18.4 Å². The van der Waals surface area contributed by atoms with E-state index >= 15 is 0 Å². The van der Waals surface area contributed by atoms with Gasteiger partial charge >= 0.3 is 0 Å². The maximum atomic E-state index is 12.6. The molecule has 0 aliphatic heterocycles. The summed E-state index contributed by atoms with van der Waals surface area (Å²) in [6.45, 7) is 0.588. The van der Waals surface area contributed by atoms with Gasteiger partial charge in [-0.3, -0.25) is 4.79 Å². The van der Waals surface area contributed by atoms with Crippen molar-refractivity contribution in [2.24, 2.45) is 29.6 Å². The first kappa shape index (κ1) is 13.9. The van der Waals surface area contributed by atoms with E-state index in [0.717, 1.165) is 17.2 Å². The van der Waals surface area contributed by atoms with Crippen molar-refractivity contribution in [1.29, 1.82) is 0 Å². The monoisotopic (exact) mass is 329 g/mol. The molecule has 0 aromatic carbocycles. The first-order valence-corrected chi connectivity index (χ1v) is 8.68. The first-order chi connectivity index (χ1) is 9.21. The van der Waals surface area contributed by atoms with Crippen LogP contribution in [0, 0.1) is 29.6 Å². The zero-order chi connectivity index (χ0) is 13.4. The number of methoxy groups -OCH3 is 1. The molecule has 3 nitrogen and oxygen atoms in total. The average molecular weight is 330 g/mol. The Hall–Kier alpha value is -0.0900. The van der Waals surface area contributed by atoms with Crippen LogP contribution in [0.1, 0.15) is 32.1 Å². The smallest absolute Gasteiger partial charge is 0.223 e. The SMILES string of the molecule is COCC(CBr)NC(=O)C1C2CC3CC(C2)CC1C3. The molecule has 0 aromatic rings. The van der Waals surface area contributed by atoms with E-state index in [9.17, 15) is 4.79 Å². The molecule has 1 N–H and O–H groups in total. The fraction of sp³-hybridized carbons (Fsp3) is 0.933. The van der Waals surface area contributed by atoms with Gasteiger partial charge in [-0.25, -0.2) is 0 Å². The number of ether oxygens (including phenoxy) is 1. The third kappa shape index (κ3) is 2.71. The molecule has 0 heterocycles. The fourth-order valence-corrected chi connectivity index (χ4v) is 5.33. The highest BCUT2D eigenvalue weighted by Crippen LogP contribution is 2.56. The highest BCUT2D eigenvalue weighted by atomic mass is 79.9. The molecule has 0 radical (unpaired) electrons. The van der Waals surface area contributed by atoms with Crippen LogP contribution in [0.2, 0.25) is 0 Å². The molecular formula is C15H24BrNO2. The summed E-state index contributed by atoms with van der Waals surface area (Å²) in [7, 11) is 1.69. The second-order valence-corrected chi connectivity index (χ2v) is 7.42. The molecule has 4 bridgehead atoms. The van der Waals surface area contributed by atoms with Crippen LogP contribution in [0.25, 0.3) is 0 Å². The van der Waals surface area contributed by atoms with Crippen LogP contribution in [0.4, 0.5) is 0 Å². The van der Waals surface area contributed by atoms with Gasteiger partial charge in [-0.2, -0.15) is 0 Å². The molecule has 4 aliphatic carbocycles. The normalized spacial score (nSPS) is 41.3. The molecule has 0 spiro atoms. The van der Waals surface area contributed by atoms with Crippen LogP contribution in [0.3, 0.4) is 0 Å². The minimum Gasteiger partial charge on any atom is -0.383 e. The van der Waals surface area contributed by atoms with Gasteiger partial charge in [0, 0.05) is 18.4 Å². The van der Waals surface area contributed by atoms with Gasteiger partial charge < -0.3 is 10.1 Å². The quantitative estimate of drug-likeness (QED) is 0.787. The summed E-state index contributed by atoms with van der Waals surface area (Å²) >= 11 is 3.45. The summed E-state index contributed by atoms with van der Waals surface area (Å²) in [6.07, 6.45) is 6.64. The molecule has 1 atom stereocenters. The van der Waals surface area contributed by atoms with E-state index in [1.54, 1.807) is 7.11 Å². The minimum absolute atomic E-state index is 0.106. The summed E-state index contributed by atoms with van der Waals surface area (Å²) in [5.74, 6) is 3.75. The fourth-order valence-electron chi connectivity index (χ4n) is 4.98. The maximum Gasteiger partial charge on any atom is 0.223 e. The summed E-state index contributed by atoms with van der Waals surface area (Å²) in [6, 6.07) is 0.106. The van der Waals surface area contributed by atoms with E-state index < -0.39 is 0 Å². The molecule has 0 aromatic heterocycles. The number of carbonyl (C=O) groups excluding carboxylic acids is 1. The Labute approximate surface area is 124 Å². The second kappa shape index (κ2) is 5.72. The number of amides is 1. The molecule has 1 amide bonds. The molecule has 4 fully saturated rings. The van der Waals surface area contributed by atoms with Crippen LogP contribution in [0.5, 0.6) is 0 Å². The number of nitrogens with one attached hydrogen (secondary N) is 1. The topological polar surface area (TPSA) is 38.3 Å². The van der Waals surface area contributed by atoms with E-state index in [4.69, 9.17) is 4.74 Å². The van der Waals surface area contributed by atoms with Crippen LogP contribution >= 0.6 is 15.9 Å². The lowest BCUT2D eigenvalue weighted by Gasteiger charge is -2.53. The van der Waals surface area contributed by atoms with Crippen molar-refractivity contribution in [2.45, 2.75) is 38.1 Å². The summed E-state index contributed by atoms with van der Waals surface area (Å²) < 4.78 is 5.16. The van der Waals surface area contributed by atoms with Crippen LogP contribution in [0.15, 0.2) is 0 Å². The van der Waals surface area contributed by atoms with Crippen molar-refractivity contribution in [3.8, 4) is 0 Å². The molecule has 19 heavy (non-hydrogen) atoms. The number of alkyl halides is 1. The van der Waals surface area contributed by atoms with Crippen LogP contribution in [-0.4, -0.2) is 31.0 Å². The third-order valence-corrected chi connectivity index (χ3v) is 6.21. The Morgan fingerprint density at radius 3 is 2.26 bits per heavy atom. The predicted molar refractivity (Wildman–Crippen MR) is 78.1 cm³/mol. The van der Waals surface area contributed by atoms with E-state index in [-0.39, 0.29) is 17.9 Å². The van der Waals surface area contributed by atoms with Gasteiger partial charge in [0.2, 0.25) is 5.91 Å². The Balaban J connectivity index is 1.63. The molecular weight excluding hydrogens is 306 g/mol. The zero-order valence-electron chi connectivity index (χ0n) is 11.6. The Morgan fingerprint density at radius 1 is 1.21 bits per heavy atom. The third-order valence-electron chi connectivity index (χ3n) is 5.43. The largest absolute Gasteiger partial charge is 0.383 e. The van der Waals surface area contributed by atoms with Crippen LogP contribution in [-0.2, 0) is 9.53 Å². The van der Waals surface area contributed by atoms with Crippen molar-refractivity contribution in [2.75, 3.05) is 19.0 Å². The summed E-state index contributed by atoms with van der Waals surface area (Å²) in [5, 5.41) is 3.95. The number of hydrogen-bond acceptors (Lipinski definition) is 2. The summed E-state index contributed by atoms with van der Waals surface area (Å²) in [4.78, 5) is 12.6. The Morgan fingerprint density at radius 2 is 1.79 bits per heavy atom. The molecule has 108 valence electrons. The molecule has 1 unspecified atom stereocenters. The van der Waals surface area contributed by atoms with Gasteiger partial charge in [0.15, 0.2) is 0 Å². The second-order valence-electron chi connectivity index (χ2n) is 6.77. The average Bonchev–Trinajstić information content (AvgIpc) is 2.36. The molecule has 4 aliphatic rings. The maximum absolute atomic E-state index is 12.6. The van der Waals surface area contributed by atoms with Gasteiger partial charge in [-0.1, -0.05) is 15.9 Å². The number of hydrogen-bond donors (Lipinski definition) is 1.